The molecule has 1 rings (SSSR count). The molecule has 0 aliphatic heterocycles. The smallest absolute Gasteiger partial charge is 0.398 e. The number of nitrogen functional groups attached to an aromatic ring is 1. The molecule has 5 nitrogen and oxygen atoms in total. The van der Waals surface area contributed by atoms with E-state index in [-0.39, 0.29) is 11.3 Å². The third kappa shape index (κ3) is 4.50. The van der Waals surface area contributed by atoms with E-state index in [1.807, 2.05) is 0 Å². The molecule has 0 amide bonds. The molecule has 4 N–H and O–H groups in total. The van der Waals surface area contributed by atoms with E-state index >= 15 is 0 Å². The summed E-state index contributed by atoms with van der Waals surface area (Å²) in [6.45, 7) is 1.49. The van der Waals surface area contributed by atoms with E-state index in [0.29, 0.717) is 5.56 Å². The second-order valence-electron chi connectivity index (χ2n) is 4.42. The zero-order valence-electron chi connectivity index (χ0n) is 11.5. The quantitative estimate of drug-likeness (QED) is 0.220. The van der Waals surface area contributed by atoms with Gasteiger partial charge in [0, 0.05) is 11.3 Å². The number of anilines is 1. The second-order valence-corrected chi connectivity index (χ2v) is 4.42. The molecule has 128 valence electrons. The van der Waals surface area contributed by atoms with Crippen molar-refractivity contribution < 1.29 is 36.0 Å². The van der Waals surface area contributed by atoms with Gasteiger partial charge in [0.25, 0.3) is 0 Å². The van der Waals surface area contributed by atoms with Crippen LogP contribution in [-0.2, 0) is 9.63 Å². The number of benzene rings is 1. The van der Waals surface area contributed by atoms with E-state index in [1.165, 1.54) is 25.1 Å². The minimum absolute atomic E-state index is 0.105. The average Bonchev–Trinajstić information content (AvgIpc) is 2.35. The highest BCUT2D eigenvalue weighted by atomic mass is 19.4. The highest BCUT2D eigenvalue weighted by molar-refractivity contribution is 5.99. The van der Waals surface area contributed by atoms with Crippen molar-refractivity contribution in [3.05, 3.63) is 29.3 Å². The Labute approximate surface area is 125 Å². The maximum Gasteiger partial charge on any atom is 0.411 e. The summed E-state index contributed by atoms with van der Waals surface area (Å²) in [7, 11) is 0. The highest BCUT2D eigenvalue weighted by Gasteiger charge is 2.62. The number of amidine groups is 1. The number of rotatable bonds is 3. The molecule has 0 saturated carbocycles. The number of halogens is 6. The summed E-state index contributed by atoms with van der Waals surface area (Å²) in [6, 6.07) is 4.26. The van der Waals surface area contributed by atoms with Crippen LogP contribution in [0, 0.1) is 12.8 Å². The predicted molar refractivity (Wildman–Crippen MR) is 68.0 cm³/mol. The summed E-state index contributed by atoms with van der Waals surface area (Å²) in [5, 5.41) is 2.83. The van der Waals surface area contributed by atoms with Gasteiger partial charge in [0.1, 0.15) is 0 Å². The Morgan fingerprint density at radius 2 is 1.70 bits per heavy atom. The van der Waals surface area contributed by atoms with Crippen molar-refractivity contribution in [1.29, 1.82) is 0 Å². The Morgan fingerprint density at radius 1 is 1.17 bits per heavy atom. The Hall–Kier alpha value is -2.46. The minimum atomic E-state index is -5.87. The van der Waals surface area contributed by atoms with Crippen LogP contribution in [0.3, 0.4) is 0 Å². The molecule has 0 atom stereocenters. The van der Waals surface area contributed by atoms with Crippen molar-refractivity contribution in [2.45, 2.75) is 19.3 Å². The van der Waals surface area contributed by atoms with Crippen LogP contribution in [0.25, 0.3) is 0 Å². The monoisotopic (exact) mass is 343 g/mol. The van der Waals surface area contributed by atoms with Gasteiger partial charge in [-0.1, -0.05) is 17.3 Å². The minimum Gasteiger partial charge on any atom is -0.398 e. The van der Waals surface area contributed by atoms with Gasteiger partial charge in [0.2, 0.25) is 5.92 Å². The van der Waals surface area contributed by atoms with Crippen molar-refractivity contribution >= 4 is 17.5 Å². The molecule has 0 aliphatic rings. The van der Waals surface area contributed by atoms with Gasteiger partial charge in [0.15, 0.2) is 5.84 Å². The summed E-state index contributed by atoms with van der Waals surface area (Å²) < 4.78 is 73.9. The molecule has 0 radical (unpaired) electrons. The topological polar surface area (TPSA) is 90.7 Å². The van der Waals surface area contributed by atoms with Crippen molar-refractivity contribution in [3.8, 4) is 0 Å². The molecule has 0 aromatic heterocycles. The van der Waals surface area contributed by atoms with Crippen molar-refractivity contribution in [2.24, 2.45) is 16.8 Å². The summed E-state index contributed by atoms with van der Waals surface area (Å²) in [5.41, 5.74) is 11.7. The fraction of sp³-hybridized carbons (Fsp3) is 0.333. The molecule has 0 heterocycles. The summed E-state index contributed by atoms with van der Waals surface area (Å²) in [4.78, 5) is 14.8. The number of carbonyl (C=O) groups is 1. The van der Waals surface area contributed by atoms with Crippen LogP contribution >= 0.6 is 0 Å². The third-order valence-electron chi connectivity index (χ3n) is 2.78. The molecule has 0 spiro atoms. The molecule has 23 heavy (non-hydrogen) atoms. The van der Waals surface area contributed by atoms with Crippen LogP contribution in [-0.4, -0.2) is 24.2 Å². The molecule has 11 heteroatoms. The van der Waals surface area contributed by atoms with E-state index in [1.54, 1.807) is 0 Å². The fourth-order valence-electron chi connectivity index (χ4n) is 1.58. The van der Waals surface area contributed by atoms with E-state index in [2.05, 4.69) is 9.99 Å². The number of nitrogens with two attached hydrogens (primary N) is 2. The van der Waals surface area contributed by atoms with Gasteiger partial charge in [-0.3, -0.25) is 0 Å². The van der Waals surface area contributed by atoms with Crippen LogP contribution in [0.4, 0.5) is 32.0 Å². The van der Waals surface area contributed by atoms with Crippen molar-refractivity contribution in [2.75, 3.05) is 5.73 Å². The molecule has 0 fully saturated rings. The lowest BCUT2D eigenvalue weighted by Crippen LogP contribution is -2.43. The maximum atomic E-state index is 12.3. The normalized spacial score (nSPS) is 13.3. The molecule has 0 saturated heterocycles. The first-order valence-corrected chi connectivity index (χ1v) is 5.89. The van der Waals surface area contributed by atoms with Gasteiger partial charge in [-0.2, -0.15) is 26.3 Å². The van der Waals surface area contributed by atoms with E-state index in [4.69, 9.17) is 11.5 Å². The molecular formula is C12H11F6N3O2. The largest absolute Gasteiger partial charge is 0.411 e. The van der Waals surface area contributed by atoms with Crippen LogP contribution < -0.4 is 11.5 Å². The van der Waals surface area contributed by atoms with E-state index in [9.17, 15) is 31.1 Å². The lowest BCUT2D eigenvalue weighted by molar-refractivity contribution is -0.282. The zero-order chi connectivity index (χ0) is 18.0. The first-order valence-electron chi connectivity index (χ1n) is 5.89. The Morgan fingerprint density at radius 3 is 2.17 bits per heavy atom. The molecule has 1 aromatic carbocycles. The lowest BCUT2D eigenvalue weighted by Gasteiger charge is -2.19. The Bertz CT molecular complexity index is 610. The van der Waals surface area contributed by atoms with E-state index < -0.39 is 30.1 Å². The van der Waals surface area contributed by atoms with Crippen LogP contribution in [0.5, 0.6) is 0 Å². The number of nitrogens with zero attached hydrogens (tertiary/aromatic N) is 1. The van der Waals surface area contributed by atoms with Crippen LogP contribution in [0.2, 0.25) is 0 Å². The summed E-state index contributed by atoms with van der Waals surface area (Å²) in [5.74, 6) is -7.53. The third-order valence-corrected chi connectivity index (χ3v) is 2.78. The number of oxime groups is 1. The van der Waals surface area contributed by atoms with Gasteiger partial charge in [-0.15, -0.1) is 0 Å². The molecule has 0 bridgehead atoms. The van der Waals surface area contributed by atoms with Gasteiger partial charge >= 0.3 is 18.3 Å². The Balaban J connectivity index is 3.02. The molecule has 0 aliphatic carbocycles. The predicted octanol–water partition coefficient (Wildman–Crippen LogP) is 2.48. The van der Waals surface area contributed by atoms with Gasteiger partial charge in [-0.05, 0) is 18.6 Å². The summed E-state index contributed by atoms with van der Waals surface area (Å²) in [6.07, 6.45) is -11.7. The fourth-order valence-corrected chi connectivity index (χ4v) is 1.58. The Kier molecular flexibility index (Phi) is 5.13. The highest BCUT2D eigenvalue weighted by Crippen LogP contribution is 2.40. The number of carbonyl (C=O) groups excluding carboxylic acids is 1. The second kappa shape index (κ2) is 6.34. The average molecular weight is 343 g/mol. The van der Waals surface area contributed by atoms with Crippen molar-refractivity contribution in [1.82, 2.24) is 0 Å². The van der Waals surface area contributed by atoms with Crippen molar-refractivity contribution in [3.63, 3.8) is 0 Å². The maximum absolute atomic E-state index is 12.3. The van der Waals surface area contributed by atoms with Gasteiger partial charge < -0.3 is 16.3 Å². The first kappa shape index (κ1) is 18.6. The van der Waals surface area contributed by atoms with E-state index in [0.717, 1.165) is 0 Å². The molecular weight excluding hydrogens is 332 g/mol. The molecule has 0 unspecified atom stereocenters. The van der Waals surface area contributed by atoms with Crippen LogP contribution in [0.1, 0.15) is 11.1 Å². The van der Waals surface area contributed by atoms with Gasteiger partial charge in [0.05, 0.1) is 0 Å². The lowest BCUT2D eigenvalue weighted by atomic mass is 10.1. The number of hydrogen-bond donors (Lipinski definition) is 2. The zero-order valence-corrected chi connectivity index (χ0v) is 11.5. The van der Waals surface area contributed by atoms with Gasteiger partial charge in [-0.25, -0.2) is 4.79 Å². The number of hydrogen-bond acceptors (Lipinski definition) is 4. The standard InChI is InChI=1S/C12H11F6N3O2/c1-5-6(3-2-4-7(5)19)9(20)21-23-10(22)8(11(13,14)15)12(16,17)18/h2-4,8H,19H2,1H3,(H2,20,21). The van der Waals surface area contributed by atoms with Crippen LogP contribution in [0.15, 0.2) is 23.4 Å². The molecule has 1 aromatic rings. The number of alkyl halides is 6. The summed E-state index contributed by atoms with van der Waals surface area (Å²) >= 11 is 0. The first-order chi connectivity index (χ1) is 10.4. The SMILES string of the molecule is Cc1c(N)cccc1/C(N)=N/OC(=O)C(C(F)(F)F)C(F)(F)F.